The molecule has 0 saturated carbocycles. The maximum atomic E-state index is 4.26. The number of nitrogens with zero attached hydrogens (tertiary/aromatic N) is 2. The zero-order chi connectivity index (χ0) is 12.1. The Morgan fingerprint density at radius 1 is 1.18 bits per heavy atom. The lowest BCUT2D eigenvalue weighted by Crippen LogP contribution is -2.46. The van der Waals surface area contributed by atoms with Crippen LogP contribution in [0.2, 0.25) is 0 Å². The lowest BCUT2D eigenvalue weighted by molar-refractivity contribution is 0.259. The zero-order valence-corrected chi connectivity index (χ0v) is 12.5. The van der Waals surface area contributed by atoms with Crippen LogP contribution in [0.1, 0.15) is 6.42 Å². The topological polar surface area (TPSA) is 6.48 Å². The third kappa shape index (κ3) is 3.90. The Bertz CT molecular complexity index is 351. The van der Waals surface area contributed by atoms with Gasteiger partial charge in [-0.25, -0.2) is 0 Å². The molecule has 1 aliphatic rings. The average molecular weight is 315 g/mol. The Kier molecular flexibility index (Phi) is 5.19. The van der Waals surface area contributed by atoms with E-state index in [9.17, 15) is 0 Å². The summed E-state index contributed by atoms with van der Waals surface area (Å²) in [5.41, 5.74) is 1.33. The molecule has 0 spiro atoms. The van der Waals surface area contributed by atoms with Crippen molar-refractivity contribution < 1.29 is 0 Å². The van der Waals surface area contributed by atoms with Crippen molar-refractivity contribution in [2.24, 2.45) is 0 Å². The molecule has 2 nitrogen and oxygen atoms in total. The van der Waals surface area contributed by atoms with Crippen molar-refractivity contribution in [1.29, 1.82) is 0 Å². The summed E-state index contributed by atoms with van der Waals surface area (Å²) in [7, 11) is 0. The van der Waals surface area contributed by atoms with Crippen LogP contribution in [0.25, 0.3) is 0 Å². The Hall–Kier alpha value is -0.190. The van der Waals surface area contributed by atoms with E-state index in [4.69, 9.17) is 0 Å². The summed E-state index contributed by atoms with van der Waals surface area (Å²) in [6, 6.07) is 8.57. The van der Waals surface area contributed by atoms with Gasteiger partial charge in [0.1, 0.15) is 0 Å². The maximum Gasteiger partial charge on any atom is 0.0378 e. The Morgan fingerprint density at radius 2 is 1.94 bits per heavy atom. The molecular weight excluding hydrogens is 296 g/mol. The van der Waals surface area contributed by atoms with Crippen molar-refractivity contribution in [3.05, 3.63) is 28.7 Å². The third-order valence-electron chi connectivity index (χ3n) is 3.18. The molecule has 1 heterocycles. The minimum atomic E-state index is 0.992. The molecular formula is C13H19BrN2S. The first-order chi connectivity index (χ1) is 8.29. The standard InChI is InChI=1S/C13H19BrN2S/c14-12-3-1-4-13(11-12)16-8-6-15(7-9-16)5-2-10-17/h1,3-4,11,17H,2,5-10H2. The highest BCUT2D eigenvalue weighted by molar-refractivity contribution is 9.10. The first-order valence-corrected chi connectivity index (χ1v) is 7.56. The van der Waals surface area contributed by atoms with Gasteiger partial charge >= 0.3 is 0 Å². The number of thiol groups is 1. The molecule has 0 amide bonds. The van der Waals surface area contributed by atoms with Gasteiger partial charge < -0.3 is 4.90 Å². The molecule has 4 heteroatoms. The Labute approximate surface area is 118 Å². The molecule has 94 valence electrons. The largest absolute Gasteiger partial charge is 0.369 e. The van der Waals surface area contributed by atoms with E-state index in [1.54, 1.807) is 0 Å². The van der Waals surface area contributed by atoms with Gasteiger partial charge in [0, 0.05) is 36.3 Å². The number of benzene rings is 1. The number of piperazine rings is 1. The van der Waals surface area contributed by atoms with E-state index in [1.807, 2.05) is 0 Å². The van der Waals surface area contributed by atoms with Crippen LogP contribution in [0.5, 0.6) is 0 Å². The smallest absolute Gasteiger partial charge is 0.0378 e. The highest BCUT2D eigenvalue weighted by atomic mass is 79.9. The van der Waals surface area contributed by atoms with Gasteiger partial charge in [-0.05, 0) is 36.9 Å². The monoisotopic (exact) mass is 314 g/mol. The normalized spacial score (nSPS) is 17.4. The van der Waals surface area contributed by atoms with Crippen LogP contribution in [0.4, 0.5) is 5.69 Å². The highest BCUT2D eigenvalue weighted by Gasteiger charge is 2.16. The number of anilines is 1. The van der Waals surface area contributed by atoms with Crippen LogP contribution in [0.15, 0.2) is 28.7 Å². The fourth-order valence-electron chi connectivity index (χ4n) is 2.20. The average Bonchev–Trinajstić information content (AvgIpc) is 2.37. The number of hydrogen-bond donors (Lipinski definition) is 1. The van der Waals surface area contributed by atoms with Crippen LogP contribution < -0.4 is 4.90 Å². The second-order valence-corrected chi connectivity index (χ2v) is 5.75. The van der Waals surface area contributed by atoms with Gasteiger partial charge in [-0.3, -0.25) is 4.90 Å². The van der Waals surface area contributed by atoms with Crippen molar-refractivity contribution in [3.63, 3.8) is 0 Å². The van der Waals surface area contributed by atoms with Gasteiger partial charge in [0.05, 0.1) is 0 Å². The molecule has 1 aromatic rings. The fraction of sp³-hybridized carbons (Fsp3) is 0.538. The summed E-state index contributed by atoms with van der Waals surface area (Å²) in [6.45, 7) is 5.78. The van der Waals surface area contributed by atoms with Crippen LogP contribution >= 0.6 is 28.6 Å². The highest BCUT2D eigenvalue weighted by Crippen LogP contribution is 2.21. The van der Waals surface area contributed by atoms with Crippen molar-refractivity contribution in [2.45, 2.75) is 6.42 Å². The van der Waals surface area contributed by atoms with Crippen molar-refractivity contribution >= 4 is 34.2 Å². The van der Waals surface area contributed by atoms with Crippen LogP contribution in [0, 0.1) is 0 Å². The van der Waals surface area contributed by atoms with Gasteiger partial charge in [-0.2, -0.15) is 12.6 Å². The molecule has 1 saturated heterocycles. The number of hydrogen-bond acceptors (Lipinski definition) is 3. The molecule has 17 heavy (non-hydrogen) atoms. The second kappa shape index (κ2) is 6.66. The van der Waals surface area contributed by atoms with Gasteiger partial charge in [0.2, 0.25) is 0 Å². The Morgan fingerprint density at radius 3 is 2.59 bits per heavy atom. The van der Waals surface area contributed by atoms with E-state index in [-0.39, 0.29) is 0 Å². The summed E-state index contributed by atoms with van der Waals surface area (Å²) in [5, 5.41) is 0. The predicted molar refractivity (Wildman–Crippen MR) is 81.3 cm³/mol. The molecule has 0 atom stereocenters. The second-order valence-electron chi connectivity index (χ2n) is 4.39. The van der Waals surface area contributed by atoms with Crippen LogP contribution in [-0.4, -0.2) is 43.4 Å². The lowest BCUT2D eigenvalue weighted by Gasteiger charge is -2.36. The summed E-state index contributed by atoms with van der Waals surface area (Å²) in [4.78, 5) is 4.99. The molecule has 2 rings (SSSR count). The van der Waals surface area contributed by atoms with E-state index in [0.717, 1.165) is 23.3 Å². The number of halogens is 1. The van der Waals surface area contributed by atoms with Crippen molar-refractivity contribution in [1.82, 2.24) is 4.90 Å². The molecule has 0 aliphatic carbocycles. The van der Waals surface area contributed by atoms with Gasteiger partial charge in [-0.1, -0.05) is 22.0 Å². The van der Waals surface area contributed by atoms with Crippen LogP contribution in [0.3, 0.4) is 0 Å². The molecule has 0 aromatic heterocycles. The quantitative estimate of drug-likeness (QED) is 0.854. The molecule has 0 N–H and O–H groups in total. The summed E-state index contributed by atoms with van der Waals surface area (Å²) < 4.78 is 1.16. The van der Waals surface area contributed by atoms with E-state index in [0.29, 0.717) is 0 Å². The first-order valence-electron chi connectivity index (χ1n) is 6.13. The zero-order valence-electron chi connectivity index (χ0n) is 9.98. The lowest BCUT2D eigenvalue weighted by atomic mass is 10.2. The summed E-state index contributed by atoms with van der Waals surface area (Å²) >= 11 is 7.79. The molecule has 1 fully saturated rings. The minimum absolute atomic E-state index is 0.992. The SMILES string of the molecule is SCCCN1CCN(c2cccc(Br)c2)CC1. The summed E-state index contributed by atoms with van der Waals surface area (Å²) in [5.74, 6) is 0.992. The van der Waals surface area contributed by atoms with Gasteiger partial charge in [0.15, 0.2) is 0 Å². The van der Waals surface area contributed by atoms with E-state index < -0.39 is 0 Å². The van der Waals surface area contributed by atoms with Crippen LogP contribution in [-0.2, 0) is 0 Å². The summed E-state index contributed by atoms with van der Waals surface area (Å²) in [6.07, 6.45) is 1.19. The maximum absolute atomic E-state index is 4.26. The molecule has 0 unspecified atom stereocenters. The molecule has 0 bridgehead atoms. The van der Waals surface area contributed by atoms with Gasteiger partial charge in [-0.15, -0.1) is 0 Å². The van der Waals surface area contributed by atoms with Crippen molar-refractivity contribution in [3.8, 4) is 0 Å². The Balaban J connectivity index is 1.86. The fourth-order valence-corrected chi connectivity index (χ4v) is 2.73. The van der Waals surface area contributed by atoms with E-state index >= 15 is 0 Å². The van der Waals surface area contributed by atoms with E-state index in [2.05, 4.69) is 62.6 Å². The molecule has 1 aliphatic heterocycles. The third-order valence-corrected chi connectivity index (χ3v) is 3.99. The van der Waals surface area contributed by atoms with E-state index in [1.165, 1.54) is 31.7 Å². The number of rotatable bonds is 4. The first kappa shape index (κ1) is 13.2. The predicted octanol–water partition coefficient (Wildman–Crippen LogP) is 2.89. The van der Waals surface area contributed by atoms with Crippen molar-refractivity contribution in [2.75, 3.05) is 43.4 Å². The molecule has 0 radical (unpaired) electrons. The van der Waals surface area contributed by atoms with Gasteiger partial charge in [0.25, 0.3) is 0 Å². The molecule has 1 aromatic carbocycles. The minimum Gasteiger partial charge on any atom is -0.369 e.